The van der Waals surface area contributed by atoms with Crippen molar-refractivity contribution in [2.24, 2.45) is 5.92 Å². The Kier molecular flexibility index (Phi) is 4.00. The summed E-state index contributed by atoms with van der Waals surface area (Å²) in [6.45, 7) is 1.42. The Morgan fingerprint density at radius 1 is 1.55 bits per heavy atom. The number of amides is 1. The van der Waals surface area contributed by atoms with Crippen molar-refractivity contribution in [1.82, 2.24) is 20.6 Å². The van der Waals surface area contributed by atoms with Crippen LogP contribution in [0.1, 0.15) is 18.5 Å². The van der Waals surface area contributed by atoms with Gasteiger partial charge >= 0.3 is 0 Å². The number of imidazole rings is 1. The molecule has 20 heavy (non-hydrogen) atoms. The maximum absolute atomic E-state index is 11.6. The number of rotatable bonds is 6. The van der Waals surface area contributed by atoms with Gasteiger partial charge in [-0.2, -0.15) is 0 Å². The first-order valence-electron chi connectivity index (χ1n) is 7.02. The van der Waals surface area contributed by atoms with Crippen LogP contribution in [0.4, 0.5) is 0 Å². The van der Waals surface area contributed by atoms with E-state index in [-0.39, 0.29) is 24.0 Å². The minimum absolute atomic E-state index is 0.0784. The predicted molar refractivity (Wildman–Crippen MR) is 70.7 cm³/mol. The SMILES string of the molecule is O=C(NC[C@H]1OC[C@@H](NCc2cnc[nH]2)[C@@H]1O)C1CC1. The molecule has 1 saturated heterocycles. The van der Waals surface area contributed by atoms with Crippen molar-refractivity contribution in [3.05, 3.63) is 18.2 Å². The predicted octanol–water partition coefficient (Wildman–Crippen LogP) is -0.846. The van der Waals surface area contributed by atoms with E-state index >= 15 is 0 Å². The Labute approximate surface area is 117 Å². The van der Waals surface area contributed by atoms with E-state index in [4.69, 9.17) is 4.74 Å². The van der Waals surface area contributed by atoms with Gasteiger partial charge < -0.3 is 25.5 Å². The number of aromatic amines is 1. The van der Waals surface area contributed by atoms with Crippen LogP contribution in [0, 0.1) is 5.92 Å². The quantitative estimate of drug-likeness (QED) is 0.544. The van der Waals surface area contributed by atoms with E-state index in [1.807, 2.05) is 0 Å². The number of carbonyl (C=O) groups excluding carboxylic acids is 1. The Morgan fingerprint density at radius 3 is 3.10 bits per heavy atom. The minimum atomic E-state index is -0.613. The molecule has 0 aromatic carbocycles. The van der Waals surface area contributed by atoms with Crippen molar-refractivity contribution in [3.63, 3.8) is 0 Å². The molecule has 0 bridgehead atoms. The van der Waals surface area contributed by atoms with Gasteiger partial charge in [-0.25, -0.2) is 4.98 Å². The molecule has 4 N–H and O–H groups in total. The van der Waals surface area contributed by atoms with Gasteiger partial charge in [0.15, 0.2) is 0 Å². The molecule has 2 aliphatic rings. The molecule has 7 heteroatoms. The standard InChI is InChI=1S/C13H20N4O3/c18-12-10(15-4-9-3-14-7-17-9)6-20-11(12)5-16-13(19)8-1-2-8/h3,7-8,10-12,15,18H,1-2,4-6H2,(H,14,17)(H,16,19)/t10-,11-,12+/m1/s1. The summed E-state index contributed by atoms with van der Waals surface area (Å²) in [4.78, 5) is 18.5. The van der Waals surface area contributed by atoms with Crippen molar-refractivity contribution >= 4 is 5.91 Å². The van der Waals surface area contributed by atoms with E-state index in [9.17, 15) is 9.90 Å². The molecule has 3 rings (SSSR count). The van der Waals surface area contributed by atoms with Crippen LogP contribution in [0.5, 0.6) is 0 Å². The zero-order chi connectivity index (χ0) is 13.9. The average molecular weight is 280 g/mol. The third-order valence-electron chi connectivity index (χ3n) is 3.82. The number of aliphatic hydroxyl groups is 1. The number of hydrogen-bond donors (Lipinski definition) is 4. The summed E-state index contributed by atoms with van der Waals surface area (Å²) in [6.07, 6.45) is 4.37. The molecule has 2 fully saturated rings. The monoisotopic (exact) mass is 280 g/mol. The summed E-state index contributed by atoms with van der Waals surface area (Å²) in [7, 11) is 0. The maximum Gasteiger partial charge on any atom is 0.223 e. The second-order valence-corrected chi connectivity index (χ2v) is 5.45. The third kappa shape index (κ3) is 3.17. The van der Waals surface area contributed by atoms with Crippen LogP contribution in [0.3, 0.4) is 0 Å². The molecule has 1 amide bonds. The first kappa shape index (κ1) is 13.5. The van der Waals surface area contributed by atoms with Crippen molar-refractivity contribution in [3.8, 4) is 0 Å². The van der Waals surface area contributed by atoms with Crippen molar-refractivity contribution in [1.29, 1.82) is 0 Å². The minimum Gasteiger partial charge on any atom is -0.389 e. The van der Waals surface area contributed by atoms with Gasteiger partial charge in [0.05, 0.1) is 25.1 Å². The van der Waals surface area contributed by atoms with Crippen molar-refractivity contribution in [2.75, 3.05) is 13.2 Å². The molecule has 1 aliphatic heterocycles. The molecule has 3 atom stereocenters. The Balaban J connectivity index is 1.41. The van der Waals surface area contributed by atoms with Crippen LogP contribution >= 0.6 is 0 Å². The lowest BCUT2D eigenvalue weighted by Crippen LogP contribution is -2.44. The largest absolute Gasteiger partial charge is 0.389 e. The molecule has 7 nitrogen and oxygen atoms in total. The van der Waals surface area contributed by atoms with E-state index < -0.39 is 6.10 Å². The van der Waals surface area contributed by atoms with E-state index in [1.165, 1.54) is 0 Å². The van der Waals surface area contributed by atoms with Gasteiger partial charge in [-0.3, -0.25) is 4.79 Å². The topological polar surface area (TPSA) is 99.3 Å². The lowest BCUT2D eigenvalue weighted by molar-refractivity contribution is -0.123. The number of carbonyl (C=O) groups is 1. The lowest BCUT2D eigenvalue weighted by Gasteiger charge is -2.18. The highest BCUT2D eigenvalue weighted by Gasteiger charge is 2.37. The van der Waals surface area contributed by atoms with E-state index in [0.717, 1.165) is 18.5 Å². The molecule has 1 aromatic heterocycles. The number of hydrogen-bond acceptors (Lipinski definition) is 5. The van der Waals surface area contributed by atoms with Gasteiger partial charge in [0.25, 0.3) is 0 Å². The van der Waals surface area contributed by atoms with Crippen LogP contribution < -0.4 is 10.6 Å². The lowest BCUT2D eigenvalue weighted by atomic mass is 10.1. The van der Waals surface area contributed by atoms with Crippen LogP contribution in [0.2, 0.25) is 0 Å². The Bertz CT molecular complexity index is 446. The van der Waals surface area contributed by atoms with Crippen LogP contribution in [-0.2, 0) is 16.1 Å². The molecule has 2 heterocycles. The molecule has 110 valence electrons. The maximum atomic E-state index is 11.6. The van der Waals surface area contributed by atoms with Crippen LogP contribution in [-0.4, -0.2) is 52.4 Å². The zero-order valence-corrected chi connectivity index (χ0v) is 11.2. The number of aliphatic hydroxyl groups excluding tert-OH is 1. The fourth-order valence-corrected chi connectivity index (χ4v) is 2.36. The number of aromatic nitrogens is 2. The number of ether oxygens (including phenoxy) is 1. The first-order valence-corrected chi connectivity index (χ1v) is 7.02. The van der Waals surface area contributed by atoms with Crippen molar-refractivity contribution < 1.29 is 14.6 Å². The Hall–Kier alpha value is -1.44. The molecular formula is C13H20N4O3. The summed E-state index contributed by atoms with van der Waals surface area (Å²) in [5, 5.41) is 16.2. The summed E-state index contributed by atoms with van der Waals surface area (Å²) in [6, 6.07) is -0.124. The second kappa shape index (κ2) is 5.90. The third-order valence-corrected chi connectivity index (χ3v) is 3.82. The summed E-state index contributed by atoms with van der Waals surface area (Å²) < 4.78 is 5.55. The van der Waals surface area contributed by atoms with Gasteiger partial charge in [-0.15, -0.1) is 0 Å². The van der Waals surface area contributed by atoms with Crippen molar-refractivity contribution in [2.45, 2.75) is 37.6 Å². The number of nitrogens with one attached hydrogen (secondary N) is 3. The average Bonchev–Trinajstić information content (AvgIpc) is 3.07. The van der Waals surface area contributed by atoms with Gasteiger partial charge in [-0.1, -0.05) is 0 Å². The molecule has 0 unspecified atom stereocenters. The van der Waals surface area contributed by atoms with Gasteiger partial charge in [0.1, 0.15) is 6.10 Å². The van der Waals surface area contributed by atoms with Crippen LogP contribution in [0.15, 0.2) is 12.5 Å². The highest BCUT2D eigenvalue weighted by atomic mass is 16.5. The zero-order valence-electron chi connectivity index (χ0n) is 11.2. The van der Waals surface area contributed by atoms with Gasteiger partial charge in [-0.05, 0) is 12.8 Å². The fourth-order valence-electron chi connectivity index (χ4n) is 2.36. The fraction of sp³-hybridized carbons (Fsp3) is 0.692. The molecule has 0 radical (unpaired) electrons. The van der Waals surface area contributed by atoms with Gasteiger partial charge in [0, 0.05) is 30.9 Å². The van der Waals surface area contributed by atoms with E-state index in [1.54, 1.807) is 12.5 Å². The summed E-state index contributed by atoms with van der Waals surface area (Å²) in [5.74, 6) is 0.262. The highest BCUT2D eigenvalue weighted by Crippen LogP contribution is 2.28. The Morgan fingerprint density at radius 2 is 2.40 bits per heavy atom. The highest BCUT2D eigenvalue weighted by molar-refractivity contribution is 5.80. The molecular weight excluding hydrogens is 260 g/mol. The molecule has 1 aliphatic carbocycles. The summed E-state index contributed by atoms with van der Waals surface area (Å²) >= 11 is 0. The summed E-state index contributed by atoms with van der Waals surface area (Å²) in [5.41, 5.74) is 0.961. The van der Waals surface area contributed by atoms with E-state index in [0.29, 0.717) is 19.7 Å². The first-order chi connectivity index (χ1) is 9.74. The number of nitrogens with zero attached hydrogens (tertiary/aromatic N) is 1. The number of H-pyrrole nitrogens is 1. The second-order valence-electron chi connectivity index (χ2n) is 5.45. The molecule has 0 spiro atoms. The van der Waals surface area contributed by atoms with Crippen LogP contribution in [0.25, 0.3) is 0 Å². The smallest absolute Gasteiger partial charge is 0.223 e. The molecule has 1 saturated carbocycles. The van der Waals surface area contributed by atoms with E-state index in [2.05, 4.69) is 20.6 Å². The molecule has 1 aromatic rings. The normalized spacial score (nSPS) is 29.6. The van der Waals surface area contributed by atoms with Gasteiger partial charge in [0.2, 0.25) is 5.91 Å².